The van der Waals surface area contributed by atoms with Crippen molar-refractivity contribution in [3.05, 3.63) is 54.1 Å². The minimum absolute atomic E-state index is 0.0285. The van der Waals surface area contributed by atoms with Crippen LogP contribution < -0.4 is 5.73 Å². The van der Waals surface area contributed by atoms with Crippen molar-refractivity contribution < 1.29 is 9.18 Å². The average molecular weight is 312 g/mol. The van der Waals surface area contributed by atoms with Crippen LogP contribution in [0.3, 0.4) is 0 Å². The SMILES string of the molecule is CC(C)C(C(=O)n1nc(N)c2ccc(F)cc21)c1cccnc1. The molecule has 5 nitrogen and oxygen atoms in total. The van der Waals surface area contributed by atoms with E-state index in [0.717, 1.165) is 5.56 Å². The zero-order valence-electron chi connectivity index (χ0n) is 12.9. The van der Waals surface area contributed by atoms with E-state index < -0.39 is 11.7 Å². The Labute approximate surface area is 132 Å². The molecular weight excluding hydrogens is 295 g/mol. The Bertz CT molecular complexity index is 858. The summed E-state index contributed by atoms with van der Waals surface area (Å²) in [5.41, 5.74) is 7.04. The van der Waals surface area contributed by atoms with Crippen molar-refractivity contribution in [2.75, 3.05) is 5.73 Å². The van der Waals surface area contributed by atoms with E-state index in [9.17, 15) is 9.18 Å². The zero-order valence-corrected chi connectivity index (χ0v) is 12.9. The van der Waals surface area contributed by atoms with Gasteiger partial charge in [0.25, 0.3) is 5.91 Å². The molecule has 0 bridgehead atoms. The van der Waals surface area contributed by atoms with E-state index in [1.807, 2.05) is 19.9 Å². The van der Waals surface area contributed by atoms with Gasteiger partial charge in [-0.05, 0) is 29.7 Å². The monoisotopic (exact) mass is 312 g/mol. The maximum Gasteiger partial charge on any atom is 0.255 e. The molecule has 2 aromatic heterocycles. The van der Waals surface area contributed by atoms with Gasteiger partial charge in [0.05, 0.1) is 11.4 Å². The zero-order chi connectivity index (χ0) is 16.6. The molecule has 3 rings (SSSR count). The van der Waals surface area contributed by atoms with Crippen LogP contribution in [0.1, 0.15) is 30.1 Å². The molecule has 1 aromatic carbocycles. The molecule has 0 amide bonds. The molecule has 0 radical (unpaired) electrons. The highest BCUT2D eigenvalue weighted by atomic mass is 19.1. The third-order valence-electron chi connectivity index (χ3n) is 3.86. The second-order valence-electron chi connectivity index (χ2n) is 5.80. The van der Waals surface area contributed by atoms with Crippen LogP contribution in [0.5, 0.6) is 0 Å². The van der Waals surface area contributed by atoms with Crippen LogP contribution >= 0.6 is 0 Å². The highest BCUT2D eigenvalue weighted by Crippen LogP contribution is 2.29. The lowest BCUT2D eigenvalue weighted by Crippen LogP contribution is -2.25. The summed E-state index contributed by atoms with van der Waals surface area (Å²) in [5.74, 6) is -0.883. The minimum Gasteiger partial charge on any atom is -0.382 e. The second-order valence-corrected chi connectivity index (χ2v) is 5.80. The molecule has 23 heavy (non-hydrogen) atoms. The molecule has 6 heteroatoms. The number of rotatable bonds is 3. The van der Waals surface area contributed by atoms with E-state index in [1.165, 1.54) is 22.9 Å². The number of nitrogens with two attached hydrogens (primary N) is 1. The van der Waals surface area contributed by atoms with Gasteiger partial charge in [0.1, 0.15) is 5.82 Å². The number of hydrogen-bond acceptors (Lipinski definition) is 4. The number of anilines is 1. The fourth-order valence-electron chi connectivity index (χ4n) is 2.78. The first kappa shape index (κ1) is 15.1. The van der Waals surface area contributed by atoms with E-state index in [1.54, 1.807) is 18.5 Å². The maximum absolute atomic E-state index is 13.6. The van der Waals surface area contributed by atoms with Crippen molar-refractivity contribution in [3.63, 3.8) is 0 Å². The number of hydrogen-bond donors (Lipinski definition) is 1. The molecular formula is C17H17FN4O. The van der Waals surface area contributed by atoms with E-state index in [2.05, 4.69) is 10.1 Å². The molecule has 2 heterocycles. The lowest BCUT2D eigenvalue weighted by Gasteiger charge is -2.19. The molecule has 2 N–H and O–H groups in total. The van der Waals surface area contributed by atoms with Crippen LogP contribution in [0.2, 0.25) is 0 Å². The molecule has 0 fully saturated rings. The standard InChI is InChI=1S/C17H17FN4O/c1-10(2)15(11-4-3-7-20-9-11)17(23)22-14-8-12(18)5-6-13(14)16(19)21-22/h3-10,15H,1-2H3,(H2,19,21). The van der Waals surface area contributed by atoms with Gasteiger partial charge in [-0.1, -0.05) is 19.9 Å². The van der Waals surface area contributed by atoms with Crippen molar-refractivity contribution in [2.45, 2.75) is 19.8 Å². The number of halogens is 1. The van der Waals surface area contributed by atoms with Crippen molar-refractivity contribution >= 4 is 22.6 Å². The summed E-state index contributed by atoms with van der Waals surface area (Å²) < 4.78 is 14.8. The van der Waals surface area contributed by atoms with E-state index in [-0.39, 0.29) is 17.6 Å². The molecule has 0 aliphatic carbocycles. The molecule has 0 aliphatic rings. The number of nitrogen functional groups attached to an aromatic ring is 1. The van der Waals surface area contributed by atoms with Crippen LogP contribution in [-0.2, 0) is 0 Å². The predicted molar refractivity (Wildman–Crippen MR) is 86.5 cm³/mol. The highest BCUT2D eigenvalue weighted by Gasteiger charge is 2.28. The van der Waals surface area contributed by atoms with Gasteiger partial charge in [0.2, 0.25) is 0 Å². The van der Waals surface area contributed by atoms with Crippen molar-refractivity contribution in [1.82, 2.24) is 14.8 Å². The van der Waals surface area contributed by atoms with Crippen molar-refractivity contribution in [1.29, 1.82) is 0 Å². The van der Waals surface area contributed by atoms with Crippen molar-refractivity contribution in [3.8, 4) is 0 Å². The van der Waals surface area contributed by atoms with E-state index in [4.69, 9.17) is 5.73 Å². The first-order chi connectivity index (χ1) is 11.0. The summed E-state index contributed by atoms with van der Waals surface area (Å²) in [6.07, 6.45) is 3.32. The molecule has 0 saturated carbocycles. The Morgan fingerprint density at radius 3 is 2.74 bits per heavy atom. The molecule has 1 unspecified atom stereocenters. The fraction of sp³-hybridized carbons (Fsp3) is 0.235. The summed E-state index contributed by atoms with van der Waals surface area (Å²) in [4.78, 5) is 17.1. The third kappa shape index (κ3) is 2.67. The van der Waals surface area contributed by atoms with E-state index in [0.29, 0.717) is 10.9 Å². The number of nitrogens with zero attached hydrogens (tertiary/aromatic N) is 3. The number of pyridine rings is 1. The van der Waals surface area contributed by atoms with Gasteiger partial charge in [0, 0.05) is 23.8 Å². The van der Waals surface area contributed by atoms with Gasteiger partial charge in [-0.3, -0.25) is 9.78 Å². The first-order valence-electron chi connectivity index (χ1n) is 7.37. The normalized spacial score (nSPS) is 12.7. The molecule has 0 spiro atoms. The summed E-state index contributed by atoms with van der Waals surface area (Å²) in [6.45, 7) is 3.90. The van der Waals surface area contributed by atoms with Crippen LogP contribution in [0.4, 0.5) is 10.2 Å². The quantitative estimate of drug-likeness (QED) is 0.805. The average Bonchev–Trinajstić information content (AvgIpc) is 2.84. The number of aromatic nitrogens is 3. The number of carbonyl (C=O) groups excluding carboxylic acids is 1. The molecule has 118 valence electrons. The topological polar surface area (TPSA) is 73.8 Å². The largest absolute Gasteiger partial charge is 0.382 e. The Hall–Kier alpha value is -2.76. The Balaban J connectivity index is 2.13. The van der Waals surface area contributed by atoms with Gasteiger partial charge in [-0.25, -0.2) is 4.39 Å². The minimum atomic E-state index is -0.436. The van der Waals surface area contributed by atoms with Crippen LogP contribution in [0.25, 0.3) is 10.9 Å². The highest BCUT2D eigenvalue weighted by molar-refractivity contribution is 5.98. The fourth-order valence-corrected chi connectivity index (χ4v) is 2.78. The number of benzene rings is 1. The number of carbonyl (C=O) groups is 1. The number of fused-ring (bicyclic) bond motifs is 1. The summed E-state index contributed by atoms with van der Waals surface area (Å²) in [7, 11) is 0. The lowest BCUT2D eigenvalue weighted by atomic mass is 9.88. The third-order valence-corrected chi connectivity index (χ3v) is 3.86. The van der Waals surface area contributed by atoms with Crippen LogP contribution in [-0.4, -0.2) is 20.7 Å². The Morgan fingerprint density at radius 2 is 2.09 bits per heavy atom. The van der Waals surface area contributed by atoms with Crippen molar-refractivity contribution in [2.24, 2.45) is 5.92 Å². The molecule has 0 aliphatic heterocycles. The van der Waals surface area contributed by atoms with Gasteiger partial charge < -0.3 is 5.73 Å². The maximum atomic E-state index is 13.6. The molecule has 1 atom stereocenters. The van der Waals surface area contributed by atoms with Gasteiger partial charge >= 0.3 is 0 Å². The summed E-state index contributed by atoms with van der Waals surface area (Å²) in [6, 6.07) is 7.75. The molecule has 0 saturated heterocycles. The van der Waals surface area contributed by atoms with Crippen LogP contribution in [0, 0.1) is 11.7 Å². The Morgan fingerprint density at radius 1 is 1.30 bits per heavy atom. The Kier molecular flexibility index (Phi) is 3.82. The first-order valence-corrected chi connectivity index (χ1v) is 7.37. The van der Waals surface area contributed by atoms with Gasteiger partial charge in [-0.15, -0.1) is 5.10 Å². The molecule has 3 aromatic rings. The second kappa shape index (κ2) is 5.79. The van der Waals surface area contributed by atoms with Crippen LogP contribution in [0.15, 0.2) is 42.7 Å². The lowest BCUT2D eigenvalue weighted by molar-refractivity contribution is 0.0843. The smallest absolute Gasteiger partial charge is 0.255 e. The predicted octanol–water partition coefficient (Wildman–Crippen LogP) is 3.23. The summed E-state index contributed by atoms with van der Waals surface area (Å²) in [5, 5.41) is 4.68. The van der Waals surface area contributed by atoms with Gasteiger partial charge in [-0.2, -0.15) is 4.68 Å². The van der Waals surface area contributed by atoms with Gasteiger partial charge in [0.15, 0.2) is 5.82 Å². The van der Waals surface area contributed by atoms with E-state index >= 15 is 0 Å². The summed E-state index contributed by atoms with van der Waals surface area (Å²) >= 11 is 0.